The van der Waals surface area contributed by atoms with Crippen molar-refractivity contribution in [3.8, 4) is 0 Å². The maximum Gasteiger partial charge on any atom is 0.244 e. The Balaban J connectivity index is 3.49. The van der Waals surface area contributed by atoms with E-state index in [1.807, 2.05) is 27.7 Å². The van der Waals surface area contributed by atoms with E-state index in [4.69, 9.17) is 0 Å². The number of sulfonamides is 1. The minimum absolute atomic E-state index is 0.256. The molecule has 0 aliphatic heterocycles. The van der Waals surface area contributed by atoms with E-state index in [1.54, 1.807) is 18.2 Å². The molecule has 0 radical (unpaired) electrons. The molecule has 0 N–H and O–H groups in total. The fourth-order valence-corrected chi connectivity index (χ4v) is 5.19. The first-order chi connectivity index (χ1) is 9.01. The van der Waals surface area contributed by atoms with Crippen LogP contribution in [0.5, 0.6) is 0 Å². The van der Waals surface area contributed by atoms with Gasteiger partial charge in [0, 0.05) is 21.0 Å². The molecule has 0 fully saturated rings. The van der Waals surface area contributed by atoms with Crippen molar-refractivity contribution in [3.63, 3.8) is 0 Å². The summed E-state index contributed by atoms with van der Waals surface area (Å²) < 4.78 is 28.5. The first kappa shape index (κ1) is 17.9. The third-order valence-electron chi connectivity index (χ3n) is 2.82. The van der Waals surface area contributed by atoms with E-state index < -0.39 is 15.6 Å². The zero-order valence-electron chi connectivity index (χ0n) is 12.1. The van der Waals surface area contributed by atoms with E-state index >= 15 is 0 Å². The first-order valence-electron chi connectivity index (χ1n) is 6.11. The Labute approximate surface area is 138 Å². The summed E-state index contributed by atoms with van der Waals surface area (Å²) in [6.07, 6.45) is 1.60. The number of nitrogens with zero attached hydrogens (tertiary/aromatic N) is 1. The minimum Gasteiger partial charge on any atom is -0.207 e. The lowest BCUT2D eigenvalue weighted by Crippen LogP contribution is -2.45. The van der Waals surface area contributed by atoms with E-state index in [0.29, 0.717) is 4.47 Å². The van der Waals surface area contributed by atoms with E-state index in [-0.39, 0.29) is 11.4 Å². The van der Waals surface area contributed by atoms with Gasteiger partial charge in [-0.1, -0.05) is 22.0 Å². The molecule has 0 atom stereocenters. The van der Waals surface area contributed by atoms with Gasteiger partial charge in [-0.3, -0.25) is 0 Å². The second-order valence-electron chi connectivity index (χ2n) is 5.53. The summed E-state index contributed by atoms with van der Waals surface area (Å²) in [5.41, 5.74) is 0.450. The molecule has 112 valence electrons. The molecule has 0 bridgehead atoms. The highest BCUT2D eigenvalue weighted by atomic mass is 79.9. The van der Waals surface area contributed by atoms with Crippen molar-refractivity contribution in [3.05, 3.63) is 39.3 Å². The van der Waals surface area contributed by atoms with Gasteiger partial charge < -0.3 is 0 Å². The Kier molecular flexibility index (Phi) is 5.63. The van der Waals surface area contributed by atoms with Crippen LogP contribution in [0.3, 0.4) is 0 Å². The lowest BCUT2D eigenvalue weighted by molar-refractivity contribution is 0.269. The largest absolute Gasteiger partial charge is 0.244 e. The molecule has 1 rings (SSSR count). The maximum atomic E-state index is 12.9. The third-order valence-corrected chi connectivity index (χ3v) is 6.77. The van der Waals surface area contributed by atoms with Gasteiger partial charge in [-0.15, -0.1) is 6.58 Å². The Morgan fingerprint density at radius 3 is 2.25 bits per heavy atom. The summed E-state index contributed by atoms with van der Waals surface area (Å²) in [4.78, 5) is 0.256. The van der Waals surface area contributed by atoms with Crippen LogP contribution in [0.15, 0.2) is 38.6 Å². The lowest BCUT2D eigenvalue weighted by Gasteiger charge is -2.34. The number of hydrogen-bond acceptors (Lipinski definition) is 2. The Morgan fingerprint density at radius 2 is 1.80 bits per heavy atom. The predicted octanol–water partition coefficient (Wildman–Crippen LogP) is 4.50. The molecule has 0 aromatic heterocycles. The summed E-state index contributed by atoms with van der Waals surface area (Å²) >= 11 is 6.74. The molecule has 0 unspecified atom stereocenters. The Bertz CT molecular complexity index is 619. The maximum absolute atomic E-state index is 12.9. The van der Waals surface area contributed by atoms with Crippen LogP contribution >= 0.6 is 31.9 Å². The SMILES string of the molecule is C=CCN(C(C)(C)C)S(=O)(=O)c1cc(Br)c(C)cc1Br. The molecule has 0 aliphatic rings. The molecule has 6 heteroatoms. The molecule has 0 heterocycles. The van der Waals surface area contributed by atoms with Crippen molar-refractivity contribution >= 4 is 41.9 Å². The average Bonchev–Trinajstić information content (AvgIpc) is 2.28. The van der Waals surface area contributed by atoms with E-state index in [0.717, 1.165) is 10.0 Å². The van der Waals surface area contributed by atoms with Crippen molar-refractivity contribution in [1.29, 1.82) is 0 Å². The van der Waals surface area contributed by atoms with Gasteiger partial charge in [0.1, 0.15) is 0 Å². The molecule has 1 aromatic rings. The number of benzene rings is 1. The van der Waals surface area contributed by atoms with Gasteiger partial charge in [-0.2, -0.15) is 4.31 Å². The van der Waals surface area contributed by atoms with Gasteiger partial charge >= 0.3 is 0 Å². The summed E-state index contributed by atoms with van der Waals surface area (Å²) in [7, 11) is -3.61. The van der Waals surface area contributed by atoms with Crippen LogP contribution in [0.1, 0.15) is 26.3 Å². The molecule has 0 saturated carbocycles. The lowest BCUT2D eigenvalue weighted by atomic mass is 10.1. The summed E-state index contributed by atoms with van der Waals surface area (Å²) in [6.45, 7) is 11.4. The van der Waals surface area contributed by atoms with Crippen LogP contribution in [-0.2, 0) is 10.0 Å². The highest BCUT2D eigenvalue weighted by molar-refractivity contribution is 9.11. The Hall–Kier alpha value is -0.170. The molecule has 0 amide bonds. The van der Waals surface area contributed by atoms with Gasteiger partial charge in [0.05, 0.1) is 4.90 Å². The molecule has 1 aromatic carbocycles. The monoisotopic (exact) mass is 423 g/mol. The van der Waals surface area contributed by atoms with Crippen LogP contribution < -0.4 is 0 Å². The van der Waals surface area contributed by atoms with E-state index in [2.05, 4.69) is 38.4 Å². The molecule has 3 nitrogen and oxygen atoms in total. The average molecular weight is 425 g/mol. The van der Waals surface area contributed by atoms with Gasteiger partial charge in [0.2, 0.25) is 10.0 Å². The fraction of sp³-hybridized carbons (Fsp3) is 0.429. The van der Waals surface area contributed by atoms with Gasteiger partial charge in [0.25, 0.3) is 0 Å². The Morgan fingerprint density at radius 1 is 1.25 bits per heavy atom. The van der Waals surface area contributed by atoms with Crippen LogP contribution in [0, 0.1) is 6.92 Å². The second-order valence-corrected chi connectivity index (χ2v) is 9.07. The standard InChI is InChI=1S/C14H19Br2NO2S/c1-6-7-17(14(3,4)5)20(18,19)13-9-11(15)10(2)8-12(13)16/h6,8-9H,1,7H2,2-5H3. The fourth-order valence-electron chi connectivity index (χ4n) is 1.79. The number of rotatable bonds is 4. The highest BCUT2D eigenvalue weighted by Gasteiger charge is 2.34. The van der Waals surface area contributed by atoms with Crippen LogP contribution in [0.2, 0.25) is 0 Å². The van der Waals surface area contributed by atoms with Crippen molar-refractivity contribution in [2.45, 2.75) is 38.1 Å². The van der Waals surface area contributed by atoms with Crippen molar-refractivity contribution in [2.75, 3.05) is 6.54 Å². The van der Waals surface area contributed by atoms with Crippen LogP contribution in [0.25, 0.3) is 0 Å². The normalized spacial score (nSPS) is 12.8. The van der Waals surface area contributed by atoms with Gasteiger partial charge in [-0.25, -0.2) is 8.42 Å². The van der Waals surface area contributed by atoms with Crippen molar-refractivity contribution < 1.29 is 8.42 Å². The van der Waals surface area contributed by atoms with E-state index in [1.165, 1.54) is 4.31 Å². The molecular formula is C14H19Br2NO2S. The zero-order chi connectivity index (χ0) is 15.7. The zero-order valence-corrected chi connectivity index (χ0v) is 16.1. The van der Waals surface area contributed by atoms with Gasteiger partial charge in [0.15, 0.2) is 0 Å². The van der Waals surface area contributed by atoms with Crippen molar-refractivity contribution in [2.24, 2.45) is 0 Å². The number of aryl methyl sites for hydroxylation is 1. The van der Waals surface area contributed by atoms with E-state index in [9.17, 15) is 8.42 Å². The summed E-state index contributed by atoms with van der Waals surface area (Å²) in [5, 5.41) is 0. The smallest absolute Gasteiger partial charge is 0.207 e. The molecule has 0 spiro atoms. The number of halogens is 2. The minimum atomic E-state index is -3.61. The number of hydrogen-bond donors (Lipinski definition) is 0. The molecule has 0 saturated heterocycles. The van der Waals surface area contributed by atoms with Crippen LogP contribution in [-0.4, -0.2) is 24.8 Å². The van der Waals surface area contributed by atoms with Crippen molar-refractivity contribution in [1.82, 2.24) is 4.31 Å². The second kappa shape index (κ2) is 6.30. The summed E-state index contributed by atoms with van der Waals surface area (Å²) in [5.74, 6) is 0. The van der Waals surface area contributed by atoms with Gasteiger partial charge in [-0.05, 0) is 61.3 Å². The predicted molar refractivity (Wildman–Crippen MR) is 90.4 cm³/mol. The molecule has 0 aliphatic carbocycles. The molecular weight excluding hydrogens is 406 g/mol. The summed E-state index contributed by atoms with van der Waals surface area (Å²) in [6, 6.07) is 3.43. The highest BCUT2D eigenvalue weighted by Crippen LogP contribution is 2.33. The van der Waals surface area contributed by atoms with Crippen LogP contribution in [0.4, 0.5) is 0 Å². The molecule has 20 heavy (non-hydrogen) atoms. The topological polar surface area (TPSA) is 37.4 Å². The quantitative estimate of drug-likeness (QED) is 0.667. The first-order valence-corrected chi connectivity index (χ1v) is 9.14. The third kappa shape index (κ3) is 3.72.